The number of rotatable bonds is 6. The second-order valence-corrected chi connectivity index (χ2v) is 4.82. The number of amidine groups is 1. The Morgan fingerprint density at radius 3 is 2.35 bits per heavy atom. The monoisotopic (exact) mass is 243 g/mol. The first-order valence-corrected chi connectivity index (χ1v) is 6.12. The lowest BCUT2D eigenvalue weighted by atomic mass is 9.84. The molecule has 0 radical (unpaired) electrons. The van der Waals surface area contributed by atoms with Gasteiger partial charge in [-0.1, -0.05) is 32.3 Å². The molecular formula is C12H25N3O2. The molecule has 1 amide bonds. The largest absolute Gasteiger partial charge is 0.409 e. The van der Waals surface area contributed by atoms with Crippen molar-refractivity contribution in [3.8, 4) is 0 Å². The number of hydrogen-bond acceptors (Lipinski definition) is 3. The number of hydrogen-bond donors (Lipinski definition) is 3. The highest BCUT2D eigenvalue weighted by Crippen LogP contribution is 2.22. The Labute approximate surface area is 103 Å². The molecule has 0 aromatic carbocycles. The van der Waals surface area contributed by atoms with E-state index in [1.165, 1.54) is 0 Å². The molecule has 0 saturated heterocycles. The highest BCUT2D eigenvalue weighted by atomic mass is 16.4. The molecule has 0 aliphatic heterocycles. The maximum Gasteiger partial charge on any atom is 0.233 e. The van der Waals surface area contributed by atoms with Gasteiger partial charge in [0.05, 0.1) is 0 Å². The molecule has 17 heavy (non-hydrogen) atoms. The fourth-order valence-electron chi connectivity index (χ4n) is 1.43. The minimum atomic E-state index is -0.948. The average molecular weight is 243 g/mol. The number of carbonyl (C=O) groups excluding carboxylic acids is 1. The normalized spacial score (nSPS) is 19.2. The molecule has 3 unspecified atom stereocenters. The number of nitrogens with two attached hydrogens (primary N) is 1. The van der Waals surface area contributed by atoms with Crippen LogP contribution in [0.2, 0.25) is 0 Å². The van der Waals surface area contributed by atoms with Crippen molar-refractivity contribution in [1.29, 1.82) is 0 Å². The summed E-state index contributed by atoms with van der Waals surface area (Å²) in [7, 11) is 0. The highest BCUT2D eigenvalue weighted by Gasteiger charge is 2.37. The molecule has 0 spiro atoms. The van der Waals surface area contributed by atoms with Crippen LogP contribution in [0, 0.1) is 11.3 Å². The van der Waals surface area contributed by atoms with Gasteiger partial charge in [-0.25, -0.2) is 0 Å². The SMILES string of the molecule is CCC(C)C(C)NC(=O)C(C)(CC)C(N)=NO. The zero-order valence-corrected chi connectivity index (χ0v) is 11.4. The van der Waals surface area contributed by atoms with Crippen molar-refractivity contribution in [2.24, 2.45) is 22.2 Å². The lowest BCUT2D eigenvalue weighted by Crippen LogP contribution is -2.51. The van der Waals surface area contributed by atoms with E-state index in [1.54, 1.807) is 6.92 Å². The Morgan fingerprint density at radius 1 is 1.47 bits per heavy atom. The Balaban J connectivity index is 4.79. The minimum absolute atomic E-state index is 0.0474. The first-order valence-electron chi connectivity index (χ1n) is 6.12. The molecule has 100 valence electrons. The third-order valence-corrected chi connectivity index (χ3v) is 3.74. The second-order valence-electron chi connectivity index (χ2n) is 4.82. The zero-order chi connectivity index (χ0) is 13.6. The molecule has 0 saturated carbocycles. The Kier molecular flexibility index (Phi) is 5.99. The lowest BCUT2D eigenvalue weighted by molar-refractivity contribution is -0.128. The zero-order valence-electron chi connectivity index (χ0n) is 11.4. The predicted molar refractivity (Wildman–Crippen MR) is 68.9 cm³/mol. The predicted octanol–water partition coefficient (Wildman–Crippen LogP) is 1.70. The maximum atomic E-state index is 12.1. The maximum absolute atomic E-state index is 12.1. The van der Waals surface area contributed by atoms with Gasteiger partial charge in [0.2, 0.25) is 5.91 Å². The molecule has 0 aliphatic carbocycles. The van der Waals surface area contributed by atoms with E-state index >= 15 is 0 Å². The highest BCUT2D eigenvalue weighted by molar-refractivity contribution is 6.06. The van der Waals surface area contributed by atoms with E-state index in [9.17, 15) is 4.79 Å². The summed E-state index contributed by atoms with van der Waals surface area (Å²) in [6.45, 7) is 9.65. The van der Waals surface area contributed by atoms with E-state index in [2.05, 4.69) is 24.3 Å². The van der Waals surface area contributed by atoms with Crippen LogP contribution in [-0.2, 0) is 4.79 Å². The van der Waals surface area contributed by atoms with Gasteiger partial charge in [0.1, 0.15) is 5.41 Å². The summed E-state index contributed by atoms with van der Waals surface area (Å²) in [6, 6.07) is 0.0740. The van der Waals surface area contributed by atoms with Crippen molar-refractivity contribution in [2.75, 3.05) is 0 Å². The van der Waals surface area contributed by atoms with Crippen molar-refractivity contribution in [3.63, 3.8) is 0 Å². The third-order valence-electron chi connectivity index (χ3n) is 3.74. The summed E-state index contributed by atoms with van der Waals surface area (Å²) in [5.74, 6) is 0.157. The Morgan fingerprint density at radius 2 is 2.00 bits per heavy atom. The molecule has 0 aromatic rings. The van der Waals surface area contributed by atoms with Crippen LogP contribution in [0.15, 0.2) is 5.16 Å². The second kappa shape index (κ2) is 6.47. The Hall–Kier alpha value is -1.26. The molecule has 0 fully saturated rings. The number of carbonyl (C=O) groups is 1. The van der Waals surface area contributed by atoms with Crippen molar-refractivity contribution in [3.05, 3.63) is 0 Å². The molecule has 4 N–H and O–H groups in total. The van der Waals surface area contributed by atoms with E-state index in [-0.39, 0.29) is 17.8 Å². The first-order chi connectivity index (χ1) is 7.83. The third kappa shape index (κ3) is 3.61. The number of amides is 1. The summed E-state index contributed by atoms with van der Waals surface area (Å²) in [5.41, 5.74) is 4.64. The van der Waals surface area contributed by atoms with Crippen molar-refractivity contribution >= 4 is 11.7 Å². The van der Waals surface area contributed by atoms with Crippen LogP contribution in [0.1, 0.15) is 47.5 Å². The molecule has 0 rings (SSSR count). The van der Waals surface area contributed by atoms with Crippen LogP contribution in [0.5, 0.6) is 0 Å². The van der Waals surface area contributed by atoms with Crippen LogP contribution < -0.4 is 11.1 Å². The molecule has 5 heteroatoms. The summed E-state index contributed by atoms with van der Waals surface area (Å²) < 4.78 is 0. The van der Waals surface area contributed by atoms with E-state index in [0.717, 1.165) is 6.42 Å². The topological polar surface area (TPSA) is 87.7 Å². The van der Waals surface area contributed by atoms with Crippen LogP contribution in [-0.4, -0.2) is 23.0 Å². The van der Waals surface area contributed by atoms with Gasteiger partial charge in [0.15, 0.2) is 5.84 Å². The van der Waals surface area contributed by atoms with E-state index < -0.39 is 5.41 Å². The first kappa shape index (κ1) is 15.7. The van der Waals surface area contributed by atoms with Crippen molar-refractivity contribution in [1.82, 2.24) is 5.32 Å². The lowest BCUT2D eigenvalue weighted by Gasteiger charge is -2.29. The number of nitrogens with zero attached hydrogens (tertiary/aromatic N) is 1. The smallest absolute Gasteiger partial charge is 0.233 e. The minimum Gasteiger partial charge on any atom is -0.409 e. The fraction of sp³-hybridized carbons (Fsp3) is 0.833. The summed E-state index contributed by atoms with van der Waals surface area (Å²) in [5, 5.41) is 14.6. The van der Waals surface area contributed by atoms with Crippen LogP contribution in [0.25, 0.3) is 0 Å². The van der Waals surface area contributed by atoms with E-state index in [0.29, 0.717) is 12.3 Å². The van der Waals surface area contributed by atoms with Gasteiger partial charge in [-0.15, -0.1) is 0 Å². The molecule has 3 atom stereocenters. The van der Waals surface area contributed by atoms with Gasteiger partial charge in [0, 0.05) is 6.04 Å². The van der Waals surface area contributed by atoms with E-state index in [4.69, 9.17) is 10.9 Å². The van der Waals surface area contributed by atoms with Gasteiger partial charge in [-0.05, 0) is 26.2 Å². The molecule has 0 heterocycles. The summed E-state index contributed by atoms with van der Waals surface area (Å²) in [6.07, 6.45) is 1.48. The van der Waals surface area contributed by atoms with Gasteiger partial charge >= 0.3 is 0 Å². The standard InChI is InChI=1S/C12H25N3O2/c1-6-8(3)9(4)14-11(16)12(5,7-2)10(13)15-17/h8-9,17H,6-7H2,1-5H3,(H2,13,15)(H,14,16). The van der Waals surface area contributed by atoms with Crippen LogP contribution in [0.3, 0.4) is 0 Å². The molecule has 0 aromatic heterocycles. The van der Waals surface area contributed by atoms with Crippen molar-refractivity contribution in [2.45, 2.75) is 53.5 Å². The van der Waals surface area contributed by atoms with Crippen molar-refractivity contribution < 1.29 is 10.0 Å². The summed E-state index contributed by atoms with van der Waals surface area (Å²) in [4.78, 5) is 12.1. The molecule has 5 nitrogen and oxygen atoms in total. The van der Waals surface area contributed by atoms with Crippen LogP contribution in [0.4, 0.5) is 0 Å². The Bertz CT molecular complexity index is 291. The average Bonchev–Trinajstić information content (AvgIpc) is 2.35. The van der Waals surface area contributed by atoms with Crippen LogP contribution >= 0.6 is 0 Å². The molecule has 0 bridgehead atoms. The van der Waals surface area contributed by atoms with Gasteiger partial charge in [0.25, 0.3) is 0 Å². The molecule has 0 aliphatic rings. The van der Waals surface area contributed by atoms with Gasteiger partial charge in [-0.3, -0.25) is 4.79 Å². The number of nitrogens with one attached hydrogen (secondary N) is 1. The quantitative estimate of drug-likeness (QED) is 0.287. The molecular weight excluding hydrogens is 218 g/mol. The number of oxime groups is 1. The van der Waals surface area contributed by atoms with Gasteiger partial charge < -0.3 is 16.3 Å². The van der Waals surface area contributed by atoms with E-state index in [1.807, 2.05) is 13.8 Å². The van der Waals surface area contributed by atoms with Gasteiger partial charge in [-0.2, -0.15) is 0 Å². The summed E-state index contributed by atoms with van der Waals surface area (Å²) >= 11 is 0. The fourth-order valence-corrected chi connectivity index (χ4v) is 1.43.